The van der Waals surface area contributed by atoms with E-state index in [0.717, 1.165) is 12.8 Å². The third kappa shape index (κ3) is 1.28. The molecule has 3 atom stereocenters. The van der Waals surface area contributed by atoms with Crippen LogP contribution in [0.15, 0.2) is 0 Å². The van der Waals surface area contributed by atoms with E-state index in [1.165, 1.54) is 4.90 Å². The van der Waals surface area contributed by atoms with E-state index >= 15 is 0 Å². The number of rotatable bonds is 1. The molecular weight excluding hydrogens is 184 g/mol. The minimum Gasteiger partial charge on any atom is -0.480 e. The van der Waals surface area contributed by atoms with E-state index in [9.17, 15) is 9.59 Å². The molecule has 0 radical (unpaired) electrons. The van der Waals surface area contributed by atoms with Gasteiger partial charge in [-0.25, -0.2) is 4.79 Å². The van der Waals surface area contributed by atoms with Crippen molar-refractivity contribution in [2.24, 2.45) is 5.73 Å². The summed E-state index contributed by atoms with van der Waals surface area (Å²) in [5.41, 5.74) is 5.61. The number of carbonyl (C=O) groups is 2. The topological polar surface area (TPSA) is 83.6 Å². The summed E-state index contributed by atoms with van der Waals surface area (Å²) >= 11 is 0. The van der Waals surface area contributed by atoms with Gasteiger partial charge in [0.15, 0.2) is 0 Å². The van der Waals surface area contributed by atoms with E-state index in [0.29, 0.717) is 12.8 Å². The van der Waals surface area contributed by atoms with Gasteiger partial charge in [0, 0.05) is 6.04 Å². The maximum atomic E-state index is 11.7. The van der Waals surface area contributed by atoms with Crippen LogP contribution in [-0.2, 0) is 9.59 Å². The molecule has 2 aliphatic rings. The van der Waals surface area contributed by atoms with Gasteiger partial charge in [0.2, 0.25) is 5.91 Å². The Balaban J connectivity index is 2.20. The molecule has 0 unspecified atom stereocenters. The smallest absolute Gasteiger partial charge is 0.326 e. The molecule has 14 heavy (non-hydrogen) atoms. The van der Waals surface area contributed by atoms with Gasteiger partial charge in [-0.3, -0.25) is 4.79 Å². The lowest BCUT2D eigenvalue weighted by atomic mass is 9.99. The third-order valence-corrected chi connectivity index (χ3v) is 3.17. The molecule has 0 aromatic heterocycles. The molecule has 0 saturated carbocycles. The number of nitrogens with zero attached hydrogens (tertiary/aromatic N) is 1. The Kier molecular flexibility index (Phi) is 2.19. The highest BCUT2D eigenvalue weighted by Gasteiger charge is 2.44. The van der Waals surface area contributed by atoms with Crippen molar-refractivity contribution in [2.75, 3.05) is 0 Å². The van der Waals surface area contributed by atoms with E-state index < -0.39 is 18.1 Å². The van der Waals surface area contributed by atoms with Gasteiger partial charge in [-0.05, 0) is 25.7 Å². The molecule has 2 rings (SSSR count). The van der Waals surface area contributed by atoms with E-state index in [1.54, 1.807) is 0 Å². The number of piperidine rings is 1. The molecular formula is C9H14N2O3. The van der Waals surface area contributed by atoms with Crippen LogP contribution in [0.1, 0.15) is 25.7 Å². The number of fused-ring (bicyclic) bond motifs is 1. The number of nitrogens with two attached hydrogens (primary N) is 1. The highest BCUT2D eigenvalue weighted by Crippen LogP contribution is 2.31. The highest BCUT2D eigenvalue weighted by molar-refractivity contribution is 5.88. The molecule has 1 amide bonds. The van der Waals surface area contributed by atoms with Crippen LogP contribution >= 0.6 is 0 Å². The van der Waals surface area contributed by atoms with Crippen LogP contribution < -0.4 is 5.73 Å². The summed E-state index contributed by atoms with van der Waals surface area (Å²) in [6.45, 7) is 0. The molecule has 2 fully saturated rings. The Morgan fingerprint density at radius 2 is 2.00 bits per heavy atom. The summed E-state index contributed by atoms with van der Waals surface area (Å²) < 4.78 is 0. The standard InChI is InChI=1S/C9H14N2O3/c10-6-3-1-5-2-4-7(9(13)14)11(5)8(6)12/h5-7H,1-4,10H2,(H,13,14)/t5-,6+,7+/m1/s1. The molecule has 0 bridgehead atoms. The van der Waals surface area contributed by atoms with Crippen molar-refractivity contribution in [3.05, 3.63) is 0 Å². The second kappa shape index (κ2) is 3.24. The maximum Gasteiger partial charge on any atom is 0.326 e. The largest absolute Gasteiger partial charge is 0.480 e. The Labute approximate surface area is 81.9 Å². The Bertz CT molecular complexity index is 279. The zero-order valence-electron chi connectivity index (χ0n) is 7.85. The van der Waals surface area contributed by atoms with E-state index in [4.69, 9.17) is 10.8 Å². The van der Waals surface area contributed by atoms with Crippen LogP contribution in [0.5, 0.6) is 0 Å². The molecule has 0 aromatic rings. The van der Waals surface area contributed by atoms with Crippen molar-refractivity contribution in [1.82, 2.24) is 4.90 Å². The van der Waals surface area contributed by atoms with E-state index in [2.05, 4.69) is 0 Å². The summed E-state index contributed by atoms with van der Waals surface area (Å²) in [4.78, 5) is 24.0. The van der Waals surface area contributed by atoms with Crippen LogP contribution in [0.3, 0.4) is 0 Å². The number of hydrogen-bond acceptors (Lipinski definition) is 3. The zero-order chi connectivity index (χ0) is 10.3. The second-order valence-corrected chi connectivity index (χ2v) is 4.01. The van der Waals surface area contributed by atoms with Crippen molar-refractivity contribution in [1.29, 1.82) is 0 Å². The lowest BCUT2D eigenvalue weighted by Crippen LogP contribution is -2.55. The number of hydrogen-bond donors (Lipinski definition) is 2. The first-order valence-corrected chi connectivity index (χ1v) is 4.92. The predicted octanol–water partition coefficient (Wildman–Crippen LogP) is -0.448. The minimum absolute atomic E-state index is 0.114. The fraction of sp³-hybridized carbons (Fsp3) is 0.778. The molecule has 78 valence electrons. The van der Waals surface area contributed by atoms with Crippen molar-refractivity contribution in [3.63, 3.8) is 0 Å². The first kappa shape index (κ1) is 9.45. The average molecular weight is 198 g/mol. The maximum absolute atomic E-state index is 11.7. The molecule has 2 aliphatic heterocycles. The summed E-state index contributed by atoms with van der Waals surface area (Å²) in [5, 5.41) is 8.92. The summed E-state index contributed by atoms with van der Waals surface area (Å²) in [6.07, 6.45) is 2.90. The van der Waals surface area contributed by atoms with Crippen molar-refractivity contribution in [2.45, 2.75) is 43.8 Å². The van der Waals surface area contributed by atoms with Crippen molar-refractivity contribution >= 4 is 11.9 Å². The molecule has 2 heterocycles. The van der Waals surface area contributed by atoms with Gasteiger partial charge in [-0.1, -0.05) is 0 Å². The van der Waals surface area contributed by atoms with E-state index in [-0.39, 0.29) is 11.9 Å². The first-order valence-electron chi connectivity index (χ1n) is 4.92. The fourth-order valence-electron chi connectivity index (χ4n) is 2.43. The third-order valence-electron chi connectivity index (χ3n) is 3.17. The summed E-state index contributed by atoms with van der Waals surface area (Å²) in [5.74, 6) is -1.10. The van der Waals surface area contributed by atoms with Gasteiger partial charge in [0.25, 0.3) is 0 Å². The minimum atomic E-state index is -0.907. The first-order chi connectivity index (χ1) is 6.61. The predicted molar refractivity (Wildman–Crippen MR) is 48.5 cm³/mol. The molecule has 0 aliphatic carbocycles. The van der Waals surface area contributed by atoms with Crippen LogP contribution in [0.2, 0.25) is 0 Å². The molecule has 5 nitrogen and oxygen atoms in total. The molecule has 2 saturated heterocycles. The van der Waals surface area contributed by atoms with Gasteiger partial charge in [-0.2, -0.15) is 0 Å². The summed E-state index contributed by atoms with van der Waals surface area (Å²) in [6, 6.07) is -1.02. The summed E-state index contributed by atoms with van der Waals surface area (Å²) in [7, 11) is 0. The normalized spacial score (nSPS) is 37.1. The lowest BCUT2D eigenvalue weighted by Gasteiger charge is -2.35. The highest BCUT2D eigenvalue weighted by atomic mass is 16.4. The van der Waals surface area contributed by atoms with Crippen LogP contribution in [0.4, 0.5) is 0 Å². The second-order valence-electron chi connectivity index (χ2n) is 4.01. The van der Waals surface area contributed by atoms with Gasteiger partial charge in [0.1, 0.15) is 6.04 Å². The lowest BCUT2D eigenvalue weighted by molar-refractivity contribution is -0.151. The molecule has 0 aromatic carbocycles. The van der Waals surface area contributed by atoms with Gasteiger partial charge < -0.3 is 15.7 Å². The van der Waals surface area contributed by atoms with Crippen molar-refractivity contribution in [3.8, 4) is 0 Å². The fourth-order valence-corrected chi connectivity index (χ4v) is 2.43. The van der Waals surface area contributed by atoms with Crippen LogP contribution in [0.25, 0.3) is 0 Å². The SMILES string of the molecule is N[C@H]1CC[C@@H]2CC[C@@H](C(=O)O)N2C1=O. The molecule has 3 N–H and O–H groups in total. The number of amides is 1. The number of carboxylic acid groups (broad SMARTS) is 1. The number of carboxylic acids is 1. The molecule has 0 spiro atoms. The van der Waals surface area contributed by atoms with Crippen LogP contribution in [-0.4, -0.2) is 40.0 Å². The van der Waals surface area contributed by atoms with Gasteiger partial charge in [-0.15, -0.1) is 0 Å². The number of aliphatic carboxylic acids is 1. The quantitative estimate of drug-likeness (QED) is 0.597. The average Bonchev–Trinajstić information content (AvgIpc) is 2.55. The Morgan fingerprint density at radius 1 is 1.36 bits per heavy atom. The van der Waals surface area contributed by atoms with Gasteiger partial charge >= 0.3 is 5.97 Å². The van der Waals surface area contributed by atoms with Gasteiger partial charge in [0.05, 0.1) is 6.04 Å². The zero-order valence-corrected chi connectivity index (χ0v) is 7.85. The molecule has 5 heteroatoms. The van der Waals surface area contributed by atoms with E-state index in [1.807, 2.05) is 0 Å². The van der Waals surface area contributed by atoms with Crippen LogP contribution in [0, 0.1) is 0 Å². The Hall–Kier alpha value is -1.10. The van der Waals surface area contributed by atoms with Crippen molar-refractivity contribution < 1.29 is 14.7 Å². The Morgan fingerprint density at radius 3 is 2.64 bits per heavy atom. The monoisotopic (exact) mass is 198 g/mol. The number of carbonyl (C=O) groups excluding carboxylic acids is 1.